The number of carbonyl (C=O) groups is 1. The minimum atomic E-state index is -0.389. The van der Waals surface area contributed by atoms with Gasteiger partial charge in [0.05, 0.1) is 17.5 Å². The summed E-state index contributed by atoms with van der Waals surface area (Å²) in [5, 5.41) is 7.22. The standard InChI is InChI=1S/C27H27Cl2N5O3/c1-15(2)32-24(35)14-34-26(17-5-6-22(29)23(11-17)37-4)33-25-21(27(34)36)10-19(13-31-25)18-7-16(12-30-3)8-20(28)9-18/h5-11,13,15,30H,12,14H2,1-4H3,(H,32,35). The van der Waals surface area contributed by atoms with Gasteiger partial charge in [-0.25, -0.2) is 9.97 Å². The van der Waals surface area contributed by atoms with Crippen molar-refractivity contribution in [2.75, 3.05) is 14.2 Å². The first-order valence-corrected chi connectivity index (χ1v) is 12.4. The molecule has 2 aromatic carbocycles. The number of methoxy groups -OCH3 is 1. The van der Waals surface area contributed by atoms with Crippen molar-refractivity contribution in [2.45, 2.75) is 33.0 Å². The van der Waals surface area contributed by atoms with Crippen molar-refractivity contribution >= 4 is 40.1 Å². The van der Waals surface area contributed by atoms with Gasteiger partial charge in [-0.1, -0.05) is 23.2 Å². The van der Waals surface area contributed by atoms with Crippen LogP contribution in [0.3, 0.4) is 0 Å². The minimum Gasteiger partial charge on any atom is -0.495 e. The average Bonchev–Trinajstić information content (AvgIpc) is 2.85. The molecule has 0 radical (unpaired) electrons. The number of carbonyl (C=O) groups excluding carboxylic acids is 1. The Morgan fingerprint density at radius 3 is 2.57 bits per heavy atom. The van der Waals surface area contributed by atoms with Gasteiger partial charge in [0.25, 0.3) is 5.56 Å². The van der Waals surface area contributed by atoms with E-state index in [1.54, 1.807) is 30.5 Å². The summed E-state index contributed by atoms with van der Waals surface area (Å²) in [4.78, 5) is 35.7. The Balaban J connectivity index is 1.91. The number of ether oxygens (including phenoxy) is 1. The molecule has 2 N–H and O–H groups in total. The number of rotatable bonds is 8. The molecule has 1 amide bonds. The van der Waals surface area contributed by atoms with Crippen LogP contribution in [0.5, 0.6) is 5.75 Å². The van der Waals surface area contributed by atoms with Gasteiger partial charge in [0.1, 0.15) is 18.1 Å². The van der Waals surface area contributed by atoms with Crippen molar-refractivity contribution in [1.82, 2.24) is 25.2 Å². The Morgan fingerprint density at radius 1 is 1.08 bits per heavy atom. The van der Waals surface area contributed by atoms with Crippen molar-refractivity contribution in [3.8, 4) is 28.3 Å². The third kappa shape index (κ3) is 5.93. The van der Waals surface area contributed by atoms with Gasteiger partial charge in [0.2, 0.25) is 5.91 Å². The maximum Gasteiger partial charge on any atom is 0.263 e. The predicted molar refractivity (Wildman–Crippen MR) is 147 cm³/mol. The lowest BCUT2D eigenvalue weighted by molar-refractivity contribution is -0.122. The van der Waals surface area contributed by atoms with E-state index in [1.807, 2.05) is 39.1 Å². The van der Waals surface area contributed by atoms with Crippen LogP contribution in [0.25, 0.3) is 33.5 Å². The molecule has 0 fully saturated rings. The van der Waals surface area contributed by atoms with E-state index in [1.165, 1.54) is 11.7 Å². The molecule has 2 heterocycles. The highest BCUT2D eigenvalue weighted by molar-refractivity contribution is 6.32. The van der Waals surface area contributed by atoms with E-state index >= 15 is 0 Å². The summed E-state index contributed by atoms with van der Waals surface area (Å²) >= 11 is 12.5. The Labute approximate surface area is 224 Å². The SMILES string of the molecule is CNCc1cc(Cl)cc(-c2cnc3nc(-c4ccc(Cl)c(OC)c4)n(CC(=O)NC(C)C)c(=O)c3c2)c1. The van der Waals surface area contributed by atoms with Crippen LogP contribution < -0.4 is 20.9 Å². The number of aromatic nitrogens is 3. The average molecular weight is 540 g/mol. The van der Waals surface area contributed by atoms with Crippen LogP contribution in [0.4, 0.5) is 0 Å². The van der Waals surface area contributed by atoms with Gasteiger partial charge in [0, 0.05) is 34.9 Å². The highest BCUT2D eigenvalue weighted by Crippen LogP contribution is 2.31. The molecule has 37 heavy (non-hydrogen) atoms. The summed E-state index contributed by atoms with van der Waals surface area (Å²) in [5.41, 5.74) is 2.97. The van der Waals surface area contributed by atoms with E-state index in [0.29, 0.717) is 33.5 Å². The molecule has 10 heteroatoms. The number of nitrogens with zero attached hydrogens (tertiary/aromatic N) is 3. The molecule has 0 aliphatic heterocycles. The number of amides is 1. The number of pyridine rings is 1. The van der Waals surface area contributed by atoms with E-state index < -0.39 is 0 Å². The van der Waals surface area contributed by atoms with Crippen LogP contribution in [0.1, 0.15) is 19.4 Å². The van der Waals surface area contributed by atoms with Crippen molar-refractivity contribution in [1.29, 1.82) is 0 Å². The molecule has 2 aromatic heterocycles. The number of hydrogen-bond acceptors (Lipinski definition) is 6. The number of nitrogens with one attached hydrogen (secondary N) is 2. The number of fused-ring (bicyclic) bond motifs is 1. The molecule has 0 aliphatic rings. The molecular formula is C27H27Cl2N5O3. The zero-order chi connectivity index (χ0) is 26.7. The van der Waals surface area contributed by atoms with E-state index in [0.717, 1.165) is 11.1 Å². The number of hydrogen-bond donors (Lipinski definition) is 2. The third-order valence-corrected chi connectivity index (χ3v) is 6.17. The molecule has 0 saturated heterocycles. The summed E-state index contributed by atoms with van der Waals surface area (Å²) in [7, 11) is 3.36. The van der Waals surface area contributed by atoms with Gasteiger partial charge >= 0.3 is 0 Å². The quantitative estimate of drug-likeness (QED) is 0.337. The fraction of sp³-hybridized carbons (Fsp3) is 0.259. The van der Waals surface area contributed by atoms with Crippen LogP contribution in [0, 0.1) is 0 Å². The lowest BCUT2D eigenvalue weighted by atomic mass is 10.0. The highest BCUT2D eigenvalue weighted by atomic mass is 35.5. The second kappa shape index (κ2) is 11.3. The molecule has 192 valence electrons. The van der Waals surface area contributed by atoms with Crippen molar-refractivity contribution < 1.29 is 9.53 Å². The van der Waals surface area contributed by atoms with Gasteiger partial charge in [-0.15, -0.1) is 0 Å². The van der Waals surface area contributed by atoms with Crippen LogP contribution >= 0.6 is 23.2 Å². The number of benzene rings is 2. The molecule has 0 bridgehead atoms. The summed E-state index contributed by atoms with van der Waals surface area (Å²) in [6, 6.07) is 12.4. The van der Waals surface area contributed by atoms with Crippen molar-refractivity contribution in [3.05, 3.63) is 74.6 Å². The molecule has 8 nitrogen and oxygen atoms in total. The summed E-state index contributed by atoms with van der Waals surface area (Å²) in [6.07, 6.45) is 1.66. The van der Waals surface area contributed by atoms with Crippen molar-refractivity contribution in [3.63, 3.8) is 0 Å². The zero-order valence-corrected chi connectivity index (χ0v) is 22.4. The zero-order valence-electron chi connectivity index (χ0n) is 20.9. The third-order valence-electron chi connectivity index (χ3n) is 5.64. The normalized spacial score (nSPS) is 11.2. The summed E-state index contributed by atoms with van der Waals surface area (Å²) in [6.45, 7) is 4.14. The maximum absolute atomic E-state index is 13.8. The summed E-state index contributed by atoms with van der Waals surface area (Å²) in [5.74, 6) is 0.398. The Bertz CT molecular complexity index is 1530. The monoisotopic (exact) mass is 539 g/mol. The minimum absolute atomic E-state index is 0.0846. The van der Waals surface area contributed by atoms with Gasteiger partial charge in [-0.05, 0) is 74.5 Å². The fourth-order valence-electron chi connectivity index (χ4n) is 4.06. The Morgan fingerprint density at radius 2 is 1.86 bits per heavy atom. The molecule has 0 saturated carbocycles. The van der Waals surface area contributed by atoms with Crippen LogP contribution in [0.2, 0.25) is 10.0 Å². The van der Waals surface area contributed by atoms with Crippen LogP contribution in [-0.4, -0.2) is 40.6 Å². The van der Waals surface area contributed by atoms with E-state index in [9.17, 15) is 9.59 Å². The van der Waals surface area contributed by atoms with Crippen LogP contribution in [-0.2, 0) is 17.9 Å². The highest BCUT2D eigenvalue weighted by Gasteiger charge is 2.19. The first-order valence-electron chi connectivity index (χ1n) is 11.7. The second-order valence-corrected chi connectivity index (χ2v) is 9.72. The van der Waals surface area contributed by atoms with Gasteiger partial charge in [-0.2, -0.15) is 0 Å². The molecule has 0 aliphatic carbocycles. The smallest absolute Gasteiger partial charge is 0.263 e. The van der Waals surface area contributed by atoms with Gasteiger partial charge < -0.3 is 15.4 Å². The molecule has 0 spiro atoms. The predicted octanol–water partition coefficient (Wildman–Crippen LogP) is 4.68. The molecular weight excluding hydrogens is 513 g/mol. The lowest BCUT2D eigenvalue weighted by Crippen LogP contribution is -2.37. The Kier molecular flexibility index (Phi) is 8.12. The first kappa shape index (κ1) is 26.6. The topological polar surface area (TPSA) is 98.1 Å². The van der Waals surface area contributed by atoms with Crippen LogP contribution in [0.15, 0.2) is 53.5 Å². The van der Waals surface area contributed by atoms with E-state index in [-0.39, 0.29) is 40.9 Å². The molecule has 4 aromatic rings. The molecule has 0 unspecified atom stereocenters. The van der Waals surface area contributed by atoms with Gasteiger partial charge in [0.15, 0.2) is 5.65 Å². The summed E-state index contributed by atoms with van der Waals surface area (Å²) < 4.78 is 6.69. The van der Waals surface area contributed by atoms with Crippen molar-refractivity contribution in [2.24, 2.45) is 0 Å². The second-order valence-electron chi connectivity index (χ2n) is 8.87. The van der Waals surface area contributed by atoms with E-state index in [2.05, 4.69) is 20.6 Å². The Hall–Kier alpha value is -3.46. The molecule has 0 atom stereocenters. The van der Waals surface area contributed by atoms with Gasteiger partial charge in [-0.3, -0.25) is 14.2 Å². The fourth-order valence-corrected chi connectivity index (χ4v) is 4.52. The lowest BCUT2D eigenvalue weighted by Gasteiger charge is -2.16. The largest absolute Gasteiger partial charge is 0.495 e. The maximum atomic E-state index is 13.8. The first-order chi connectivity index (χ1) is 17.7. The van der Waals surface area contributed by atoms with E-state index in [4.69, 9.17) is 27.9 Å². The molecule has 4 rings (SSSR count). The number of halogens is 2.